The predicted octanol–water partition coefficient (Wildman–Crippen LogP) is 1.27. The van der Waals surface area contributed by atoms with Crippen molar-refractivity contribution in [1.29, 1.82) is 0 Å². The number of imide groups is 1. The van der Waals surface area contributed by atoms with Gasteiger partial charge in [-0.3, -0.25) is 24.3 Å². The van der Waals surface area contributed by atoms with Crippen LogP contribution >= 0.6 is 15.9 Å². The second-order valence-electron chi connectivity index (χ2n) is 6.92. The van der Waals surface area contributed by atoms with Gasteiger partial charge in [0.25, 0.3) is 5.91 Å². The maximum atomic E-state index is 13.1. The molecule has 9 nitrogen and oxygen atoms in total. The molecule has 2 N–H and O–H groups in total. The molecule has 0 aromatic heterocycles. The summed E-state index contributed by atoms with van der Waals surface area (Å²) >= 11 is 3.43. The Morgan fingerprint density at radius 2 is 1.82 bits per heavy atom. The van der Waals surface area contributed by atoms with Crippen LogP contribution in [-0.4, -0.2) is 64.3 Å². The van der Waals surface area contributed by atoms with Gasteiger partial charge in [0, 0.05) is 28.6 Å². The van der Waals surface area contributed by atoms with Crippen molar-refractivity contribution in [3.8, 4) is 0 Å². The number of likely N-dealkylation sites (N-methyl/N-ethyl adjacent to an activating group) is 1. The van der Waals surface area contributed by atoms with Gasteiger partial charge in [0.1, 0.15) is 6.54 Å². The molecule has 1 fully saturated rings. The van der Waals surface area contributed by atoms with E-state index >= 15 is 0 Å². The summed E-state index contributed by atoms with van der Waals surface area (Å²) in [5.74, 6) is -0.634. The van der Waals surface area contributed by atoms with Gasteiger partial charge in [0.2, 0.25) is 11.9 Å². The normalized spacial score (nSPS) is 24.1. The number of allylic oxidation sites excluding steroid dienone is 2. The van der Waals surface area contributed by atoms with E-state index < -0.39 is 36.6 Å². The number of hydrogen-bond acceptors (Lipinski definition) is 6. The van der Waals surface area contributed by atoms with Gasteiger partial charge in [-0.05, 0) is 38.1 Å². The molecule has 0 spiro atoms. The topological polar surface area (TPSA) is 103 Å². The van der Waals surface area contributed by atoms with Gasteiger partial charge >= 0.3 is 6.03 Å². The zero-order valence-corrected chi connectivity index (χ0v) is 17.2. The number of carbonyl (C=O) groups excluding carboxylic acids is 3. The summed E-state index contributed by atoms with van der Waals surface area (Å²) in [6, 6.07) is 6.45. The van der Waals surface area contributed by atoms with E-state index in [9.17, 15) is 14.4 Å². The Morgan fingerprint density at radius 1 is 1.18 bits per heavy atom. The minimum Gasteiger partial charge on any atom is -0.368 e. The fourth-order valence-corrected chi connectivity index (χ4v) is 4.08. The smallest absolute Gasteiger partial charge is 0.328 e. The number of guanidine groups is 1. The number of aliphatic imine (C=N–C) groups is 1. The molecule has 0 bridgehead atoms. The highest BCUT2D eigenvalue weighted by Gasteiger charge is 2.56. The van der Waals surface area contributed by atoms with Crippen LogP contribution in [0.3, 0.4) is 0 Å². The number of urea groups is 1. The van der Waals surface area contributed by atoms with Crippen LogP contribution in [0.2, 0.25) is 0 Å². The molecule has 10 heteroatoms. The Morgan fingerprint density at radius 3 is 2.43 bits per heavy atom. The van der Waals surface area contributed by atoms with Crippen molar-refractivity contribution in [3.63, 3.8) is 0 Å². The van der Waals surface area contributed by atoms with Gasteiger partial charge in [-0.25, -0.2) is 9.79 Å². The SMILES string of the molecule is CC1=C(C)N2C(=NC3C2C(=O)N(CC(N)=O)C(=O)N3C)N1c1ccc(Br)cc1. The monoisotopic (exact) mass is 446 g/mol. The van der Waals surface area contributed by atoms with Gasteiger partial charge in [-0.1, -0.05) is 15.9 Å². The predicted molar refractivity (Wildman–Crippen MR) is 106 cm³/mol. The Bertz CT molecular complexity index is 957. The second-order valence-corrected chi connectivity index (χ2v) is 7.84. The Hall–Kier alpha value is -2.88. The molecule has 28 heavy (non-hydrogen) atoms. The molecule has 4 amide bonds. The third-order valence-electron chi connectivity index (χ3n) is 5.29. The molecule has 0 saturated carbocycles. The molecule has 3 aliphatic heterocycles. The second kappa shape index (κ2) is 6.33. The molecular weight excluding hydrogens is 428 g/mol. The minimum absolute atomic E-state index is 0.452. The molecule has 1 saturated heterocycles. The standard InChI is InChI=1S/C18H19BrN6O3/c1-9-10(2)25-14-15(22(3)18(28)23(16(14)27)8-13(20)26)21-17(25)24(9)12-6-4-11(19)5-7-12/h4-7,14-15H,8H2,1-3H3,(H2,20,26). The number of amides is 4. The third-order valence-corrected chi connectivity index (χ3v) is 5.82. The Labute approximate surface area is 170 Å². The van der Waals surface area contributed by atoms with E-state index in [1.54, 1.807) is 7.05 Å². The van der Waals surface area contributed by atoms with Crippen LogP contribution in [0, 0.1) is 0 Å². The Kier molecular flexibility index (Phi) is 4.18. The zero-order valence-electron chi connectivity index (χ0n) is 15.6. The third kappa shape index (κ3) is 2.51. The summed E-state index contributed by atoms with van der Waals surface area (Å²) in [5, 5.41) is 0. The van der Waals surface area contributed by atoms with Crippen molar-refractivity contribution in [1.82, 2.24) is 14.7 Å². The molecule has 2 unspecified atom stereocenters. The maximum Gasteiger partial charge on any atom is 0.328 e. The van der Waals surface area contributed by atoms with Crippen LogP contribution in [0.5, 0.6) is 0 Å². The summed E-state index contributed by atoms with van der Waals surface area (Å²) in [4.78, 5) is 47.8. The highest BCUT2D eigenvalue weighted by molar-refractivity contribution is 9.10. The molecule has 0 radical (unpaired) electrons. The molecular formula is C18H19BrN6O3. The van der Waals surface area contributed by atoms with Crippen LogP contribution in [0.15, 0.2) is 45.1 Å². The number of fused-ring (bicyclic) bond motifs is 3. The number of primary amides is 1. The molecule has 3 heterocycles. The average Bonchev–Trinajstić information content (AvgIpc) is 3.14. The van der Waals surface area contributed by atoms with Gasteiger partial charge < -0.3 is 10.6 Å². The number of carbonyl (C=O) groups is 3. The van der Waals surface area contributed by atoms with E-state index in [-0.39, 0.29) is 0 Å². The average molecular weight is 447 g/mol. The lowest BCUT2D eigenvalue weighted by atomic mass is 10.1. The molecule has 4 rings (SSSR count). The first-order valence-corrected chi connectivity index (χ1v) is 9.48. The Balaban J connectivity index is 1.76. The lowest BCUT2D eigenvalue weighted by Crippen LogP contribution is -2.65. The molecule has 3 aliphatic rings. The number of rotatable bonds is 3. The maximum absolute atomic E-state index is 13.1. The van der Waals surface area contributed by atoms with Crippen LogP contribution in [0.25, 0.3) is 0 Å². The lowest BCUT2D eigenvalue weighted by molar-refractivity contribution is -0.139. The van der Waals surface area contributed by atoms with Gasteiger partial charge in [0.15, 0.2) is 12.2 Å². The van der Waals surface area contributed by atoms with Crippen LogP contribution in [-0.2, 0) is 9.59 Å². The number of anilines is 1. The van der Waals surface area contributed by atoms with Crippen molar-refractivity contribution in [3.05, 3.63) is 40.1 Å². The number of hydrogen-bond donors (Lipinski definition) is 1. The highest BCUT2D eigenvalue weighted by atomic mass is 79.9. The number of halogens is 1. The molecule has 146 valence electrons. The lowest BCUT2D eigenvalue weighted by Gasteiger charge is -2.40. The van der Waals surface area contributed by atoms with Crippen LogP contribution in [0.4, 0.5) is 10.5 Å². The quantitative estimate of drug-likeness (QED) is 0.752. The van der Waals surface area contributed by atoms with Crippen molar-refractivity contribution >= 4 is 45.4 Å². The van der Waals surface area contributed by atoms with E-state index in [0.29, 0.717) is 5.96 Å². The molecule has 1 aromatic rings. The van der Waals surface area contributed by atoms with Crippen molar-refractivity contribution < 1.29 is 14.4 Å². The summed E-state index contributed by atoms with van der Waals surface area (Å²) < 4.78 is 0.954. The minimum atomic E-state index is -0.742. The first-order valence-electron chi connectivity index (χ1n) is 8.69. The van der Waals surface area contributed by atoms with Crippen LogP contribution < -0.4 is 10.6 Å². The van der Waals surface area contributed by atoms with Gasteiger partial charge in [-0.15, -0.1) is 0 Å². The molecule has 0 aliphatic carbocycles. The number of benzene rings is 1. The molecule has 1 aromatic carbocycles. The van der Waals surface area contributed by atoms with E-state index in [1.165, 1.54) is 4.90 Å². The first-order chi connectivity index (χ1) is 13.2. The summed E-state index contributed by atoms with van der Waals surface area (Å²) in [5.41, 5.74) is 7.93. The fourth-order valence-electron chi connectivity index (χ4n) is 3.81. The largest absolute Gasteiger partial charge is 0.368 e. The molecule has 2 atom stereocenters. The van der Waals surface area contributed by atoms with Crippen molar-refractivity contribution in [2.24, 2.45) is 10.7 Å². The summed E-state index contributed by atoms with van der Waals surface area (Å²) in [7, 11) is 1.57. The highest BCUT2D eigenvalue weighted by Crippen LogP contribution is 2.40. The summed E-state index contributed by atoms with van der Waals surface area (Å²) in [6.45, 7) is 3.41. The van der Waals surface area contributed by atoms with Gasteiger partial charge in [-0.2, -0.15) is 0 Å². The number of nitrogens with two attached hydrogens (primary N) is 1. The van der Waals surface area contributed by atoms with Gasteiger partial charge in [0.05, 0.1) is 0 Å². The van der Waals surface area contributed by atoms with E-state index in [2.05, 4.69) is 15.9 Å². The zero-order chi connectivity index (χ0) is 20.3. The van der Waals surface area contributed by atoms with Crippen LogP contribution in [0.1, 0.15) is 13.8 Å². The number of nitrogens with zero attached hydrogens (tertiary/aromatic N) is 5. The fraction of sp³-hybridized carbons (Fsp3) is 0.333. The first kappa shape index (κ1) is 18.5. The van der Waals surface area contributed by atoms with E-state index in [0.717, 1.165) is 26.5 Å². The van der Waals surface area contributed by atoms with Crippen molar-refractivity contribution in [2.75, 3.05) is 18.5 Å². The van der Waals surface area contributed by atoms with Crippen molar-refractivity contribution in [2.45, 2.75) is 26.1 Å². The summed E-state index contributed by atoms with van der Waals surface area (Å²) in [6.07, 6.45) is -0.667. The van der Waals surface area contributed by atoms with E-state index in [4.69, 9.17) is 10.7 Å². The van der Waals surface area contributed by atoms with E-state index in [1.807, 2.05) is 47.9 Å².